The van der Waals surface area contributed by atoms with Crippen LogP contribution in [-0.2, 0) is 0 Å². The predicted octanol–water partition coefficient (Wildman–Crippen LogP) is 1.31. The summed E-state index contributed by atoms with van der Waals surface area (Å²) in [5.74, 6) is 0.984. The fourth-order valence-electron chi connectivity index (χ4n) is 1.89. The number of pyridine rings is 1. The quantitative estimate of drug-likeness (QED) is 0.802. The standard InChI is InChI=1S/C12H20N4/c1-2-4-14-12-10-11(3-5-15-12)16-8-6-13-7-9-16/h3,5,10,13H,2,4,6-9H2,1H3,(H,14,15). The summed E-state index contributed by atoms with van der Waals surface area (Å²) in [6.07, 6.45) is 3.01. The Morgan fingerprint density at radius 3 is 3.00 bits per heavy atom. The minimum Gasteiger partial charge on any atom is -0.370 e. The lowest BCUT2D eigenvalue weighted by Crippen LogP contribution is -2.43. The van der Waals surface area contributed by atoms with Gasteiger partial charge in [0.1, 0.15) is 5.82 Å². The molecule has 2 rings (SSSR count). The first-order chi connectivity index (χ1) is 7.90. The van der Waals surface area contributed by atoms with Crippen molar-refractivity contribution in [3.8, 4) is 0 Å². The molecule has 88 valence electrons. The van der Waals surface area contributed by atoms with Crippen molar-refractivity contribution in [2.24, 2.45) is 0 Å². The Kier molecular flexibility index (Phi) is 3.99. The van der Waals surface area contributed by atoms with Crippen LogP contribution in [0.15, 0.2) is 18.3 Å². The number of nitrogens with zero attached hydrogens (tertiary/aromatic N) is 2. The third-order valence-electron chi connectivity index (χ3n) is 2.78. The van der Waals surface area contributed by atoms with Crippen molar-refractivity contribution in [1.29, 1.82) is 0 Å². The molecule has 0 aromatic carbocycles. The maximum absolute atomic E-state index is 4.32. The van der Waals surface area contributed by atoms with E-state index in [1.165, 1.54) is 5.69 Å². The van der Waals surface area contributed by atoms with Crippen molar-refractivity contribution in [3.05, 3.63) is 18.3 Å². The zero-order valence-corrected chi connectivity index (χ0v) is 9.87. The normalized spacial score (nSPS) is 16.2. The topological polar surface area (TPSA) is 40.2 Å². The zero-order chi connectivity index (χ0) is 11.2. The fraction of sp³-hybridized carbons (Fsp3) is 0.583. The van der Waals surface area contributed by atoms with Crippen LogP contribution < -0.4 is 15.5 Å². The maximum atomic E-state index is 4.32. The lowest BCUT2D eigenvalue weighted by molar-refractivity contribution is 0.589. The molecule has 0 saturated carbocycles. The van der Waals surface area contributed by atoms with Gasteiger partial charge in [0.2, 0.25) is 0 Å². The lowest BCUT2D eigenvalue weighted by atomic mass is 10.3. The molecule has 4 heteroatoms. The molecule has 2 N–H and O–H groups in total. The maximum Gasteiger partial charge on any atom is 0.127 e. The molecule has 4 nitrogen and oxygen atoms in total. The molecule has 0 spiro atoms. The van der Waals surface area contributed by atoms with Crippen LogP contribution in [0.5, 0.6) is 0 Å². The van der Waals surface area contributed by atoms with Crippen molar-refractivity contribution in [2.75, 3.05) is 42.9 Å². The average Bonchev–Trinajstić information content (AvgIpc) is 2.38. The number of hydrogen-bond acceptors (Lipinski definition) is 4. The first kappa shape index (κ1) is 11.2. The van der Waals surface area contributed by atoms with Crippen molar-refractivity contribution >= 4 is 11.5 Å². The number of aromatic nitrogens is 1. The highest BCUT2D eigenvalue weighted by atomic mass is 15.2. The van der Waals surface area contributed by atoms with Gasteiger partial charge in [-0.3, -0.25) is 0 Å². The number of piperazine rings is 1. The molecule has 1 saturated heterocycles. The van der Waals surface area contributed by atoms with E-state index in [-0.39, 0.29) is 0 Å². The summed E-state index contributed by atoms with van der Waals surface area (Å²) in [5, 5.41) is 6.68. The molecule has 0 bridgehead atoms. The van der Waals surface area contributed by atoms with Gasteiger partial charge >= 0.3 is 0 Å². The second kappa shape index (κ2) is 5.70. The first-order valence-corrected chi connectivity index (χ1v) is 6.05. The Hall–Kier alpha value is -1.29. The van der Waals surface area contributed by atoms with Gasteiger partial charge in [-0.2, -0.15) is 0 Å². The van der Waals surface area contributed by atoms with Crippen LogP contribution in [0.2, 0.25) is 0 Å². The van der Waals surface area contributed by atoms with Gasteiger partial charge in [-0.1, -0.05) is 6.92 Å². The molecule has 1 aromatic rings. The Labute approximate surface area is 97.1 Å². The Morgan fingerprint density at radius 2 is 2.25 bits per heavy atom. The molecule has 1 aliphatic rings. The highest BCUT2D eigenvalue weighted by molar-refractivity contribution is 5.54. The summed E-state index contributed by atoms with van der Waals surface area (Å²) in [6, 6.07) is 4.23. The molecular formula is C12H20N4. The van der Waals surface area contributed by atoms with E-state index in [9.17, 15) is 0 Å². The molecule has 0 unspecified atom stereocenters. The van der Waals surface area contributed by atoms with Crippen molar-refractivity contribution in [1.82, 2.24) is 10.3 Å². The number of rotatable bonds is 4. The highest BCUT2D eigenvalue weighted by Gasteiger charge is 2.10. The molecule has 2 heterocycles. The van der Waals surface area contributed by atoms with Gasteiger partial charge in [0, 0.05) is 50.7 Å². The summed E-state index contributed by atoms with van der Waals surface area (Å²) in [7, 11) is 0. The van der Waals surface area contributed by atoms with Gasteiger partial charge in [0.15, 0.2) is 0 Å². The minimum atomic E-state index is 0.984. The van der Waals surface area contributed by atoms with E-state index in [1.807, 2.05) is 6.20 Å². The third-order valence-corrected chi connectivity index (χ3v) is 2.78. The molecule has 16 heavy (non-hydrogen) atoms. The predicted molar refractivity (Wildman–Crippen MR) is 68.1 cm³/mol. The van der Waals surface area contributed by atoms with E-state index in [0.29, 0.717) is 0 Å². The molecular weight excluding hydrogens is 200 g/mol. The van der Waals surface area contributed by atoms with Crippen LogP contribution in [0, 0.1) is 0 Å². The number of hydrogen-bond donors (Lipinski definition) is 2. The van der Waals surface area contributed by atoms with Crippen LogP contribution in [0.25, 0.3) is 0 Å². The smallest absolute Gasteiger partial charge is 0.127 e. The summed E-state index contributed by atoms with van der Waals surface area (Å²) >= 11 is 0. The van der Waals surface area contributed by atoms with E-state index in [4.69, 9.17) is 0 Å². The largest absolute Gasteiger partial charge is 0.370 e. The molecule has 1 fully saturated rings. The molecule has 1 aromatic heterocycles. The Bertz CT molecular complexity index is 321. The van der Waals surface area contributed by atoms with E-state index in [0.717, 1.165) is 45.0 Å². The minimum absolute atomic E-state index is 0.984. The van der Waals surface area contributed by atoms with Crippen LogP contribution in [0.1, 0.15) is 13.3 Å². The van der Waals surface area contributed by atoms with Crippen molar-refractivity contribution in [3.63, 3.8) is 0 Å². The second-order valence-electron chi connectivity index (χ2n) is 4.06. The van der Waals surface area contributed by atoms with E-state index in [1.54, 1.807) is 0 Å². The monoisotopic (exact) mass is 220 g/mol. The number of nitrogens with one attached hydrogen (secondary N) is 2. The summed E-state index contributed by atoms with van der Waals surface area (Å²) in [5.41, 5.74) is 1.27. The van der Waals surface area contributed by atoms with Crippen LogP contribution in [-0.4, -0.2) is 37.7 Å². The average molecular weight is 220 g/mol. The summed E-state index contributed by atoms with van der Waals surface area (Å²) < 4.78 is 0. The van der Waals surface area contributed by atoms with E-state index in [2.05, 4.69) is 39.6 Å². The van der Waals surface area contributed by atoms with Crippen molar-refractivity contribution in [2.45, 2.75) is 13.3 Å². The molecule has 1 aliphatic heterocycles. The molecule has 0 atom stereocenters. The molecule has 0 aliphatic carbocycles. The van der Waals surface area contributed by atoms with E-state index < -0.39 is 0 Å². The van der Waals surface area contributed by atoms with Crippen molar-refractivity contribution < 1.29 is 0 Å². The third kappa shape index (κ3) is 2.85. The molecule has 0 amide bonds. The SMILES string of the molecule is CCCNc1cc(N2CCNCC2)ccn1. The van der Waals surface area contributed by atoms with Gasteiger partial charge < -0.3 is 15.5 Å². The van der Waals surface area contributed by atoms with E-state index >= 15 is 0 Å². The fourth-order valence-corrected chi connectivity index (χ4v) is 1.89. The van der Waals surface area contributed by atoms with Gasteiger partial charge in [0.05, 0.1) is 0 Å². The van der Waals surface area contributed by atoms with Gasteiger partial charge in [0.25, 0.3) is 0 Å². The van der Waals surface area contributed by atoms with Gasteiger partial charge in [-0.05, 0) is 12.5 Å². The zero-order valence-electron chi connectivity index (χ0n) is 9.87. The van der Waals surface area contributed by atoms with Crippen LogP contribution in [0.3, 0.4) is 0 Å². The first-order valence-electron chi connectivity index (χ1n) is 6.05. The summed E-state index contributed by atoms with van der Waals surface area (Å²) in [4.78, 5) is 6.72. The highest BCUT2D eigenvalue weighted by Crippen LogP contribution is 2.17. The molecule has 0 radical (unpaired) electrons. The van der Waals surface area contributed by atoms with Crippen LogP contribution in [0.4, 0.5) is 11.5 Å². The Morgan fingerprint density at radius 1 is 1.44 bits per heavy atom. The number of anilines is 2. The van der Waals surface area contributed by atoms with Gasteiger partial charge in [-0.25, -0.2) is 4.98 Å². The van der Waals surface area contributed by atoms with Crippen LogP contribution >= 0.6 is 0 Å². The lowest BCUT2D eigenvalue weighted by Gasteiger charge is -2.29. The Balaban J connectivity index is 2.02. The van der Waals surface area contributed by atoms with Gasteiger partial charge in [-0.15, -0.1) is 0 Å². The summed E-state index contributed by atoms with van der Waals surface area (Å²) in [6.45, 7) is 7.44. The second-order valence-corrected chi connectivity index (χ2v) is 4.06.